The van der Waals surface area contributed by atoms with Crippen molar-refractivity contribution in [2.75, 3.05) is 12.4 Å². The fourth-order valence-corrected chi connectivity index (χ4v) is 1.71. The van der Waals surface area contributed by atoms with E-state index in [0.29, 0.717) is 17.9 Å². The highest BCUT2D eigenvalue weighted by atomic mass is 32.2. The highest BCUT2D eigenvalue weighted by Gasteiger charge is 2.08. The van der Waals surface area contributed by atoms with E-state index in [4.69, 9.17) is 9.52 Å². The van der Waals surface area contributed by atoms with E-state index in [0.717, 1.165) is 5.75 Å². The van der Waals surface area contributed by atoms with Crippen LogP contribution in [0.15, 0.2) is 16.5 Å². The SMILES string of the molecule is O=C(O)c1ccc(CSCCCF)o1. The van der Waals surface area contributed by atoms with Gasteiger partial charge in [0.2, 0.25) is 5.76 Å². The number of furan rings is 1. The molecule has 1 heterocycles. The molecule has 0 aliphatic carbocycles. The van der Waals surface area contributed by atoms with E-state index in [1.807, 2.05) is 0 Å². The summed E-state index contributed by atoms with van der Waals surface area (Å²) in [6.07, 6.45) is 0.525. The van der Waals surface area contributed by atoms with Gasteiger partial charge in [-0.3, -0.25) is 4.39 Å². The average molecular weight is 218 g/mol. The van der Waals surface area contributed by atoms with Crippen LogP contribution in [-0.4, -0.2) is 23.5 Å². The highest BCUT2D eigenvalue weighted by Crippen LogP contribution is 2.16. The van der Waals surface area contributed by atoms with Crippen LogP contribution in [0.3, 0.4) is 0 Å². The lowest BCUT2D eigenvalue weighted by molar-refractivity contribution is 0.0661. The van der Waals surface area contributed by atoms with E-state index in [1.54, 1.807) is 6.07 Å². The maximum Gasteiger partial charge on any atom is 0.371 e. The molecule has 3 nitrogen and oxygen atoms in total. The van der Waals surface area contributed by atoms with Crippen molar-refractivity contribution in [1.82, 2.24) is 0 Å². The fourth-order valence-electron chi connectivity index (χ4n) is 0.900. The highest BCUT2D eigenvalue weighted by molar-refractivity contribution is 7.98. The van der Waals surface area contributed by atoms with Crippen molar-refractivity contribution in [3.63, 3.8) is 0 Å². The summed E-state index contributed by atoms with van der Waals surface area (Å²) < 4.78 is 16.7. The largest absolute Gasteiger partial charge is 0.475 e. The van der Waals surface area contributed by atoms with E-state index in [9.17, 15) is 9.18 Å². The van der Waals surface area contributed by atoms with Crippen molar-refractivity contribution >= 4 is 17.7 Å². The van der Waals surface area contributed by atoms with Crippen LogP contribution in [0.4, 0.5) is 4.39 Å². The second-order valence-electron chi connectivity index (χ2n) is 2.67. The predicted molar refractivity (Wildman–Crippen MR) is 52.4 cm³/mol. The molecule has 0 atom stereocenters. The summed E-state index contributed by atoms with van der Waals surface area (Å²) in [6.45, 7) is -0.314. The first-order chi connectivity index (χ1) is 6.74. The van der Waals surface area contributed by atoms with Gasteiger partial charge in [-0.05, 0) is 24.3 Å². The molecule has 0 bridgehead atoms. The Kier molecular flexibility index (Phi) is 4.52. The van der Waals surface area contributed by atoms with Crippen molar-refractivity contribution in [3.05, 3.63) is 23.7 Å². The van der Waals surface area contributed by atoms with Crippen LogP contribution >= 0.6 is 11.8 Å². The minimum absolute atomic E-state index is 0.0499. The van der Waals surface area contributed by atoms with Crippen molar-refractivity contribution in [2.45, 2.75) is 12.2 Å². The molecule has 0 unspecified atom stereocenters. The summed E-state index contributed by atoms with van der Waals surface area (Å²) in [5.74, 6) is 0.815. The molecule has 1 rings (SSSR count). The molecule has 78 valence electrons. The van der Waals surface area contributed by atoms with E-state index in [-0.39, 0.29) is 12.4 Å². The van der Waals surface area contributed by atoms with E-state index in [1.165, 1.54) is 17.8 Å². The lowest BCUT2D eigenvalue weighted by Crippen LogP contribution is -1.91. The molecule has 1 aromatic heterocycles. The van der Waals surface area contributed by atoms with Crippen LogP contribution in [-0.2, 0) is 5.75 Å². The number of alkyl halides is 1. The zero-order valence-corrected chi connectivity index (χ0v) is 8.35. The Labute approximate surface area is 85.3 Å². The first kappa shape index (κ1) is 11.1. The average Bonchev–Trinajstić information content (AvgIpc) is 2.61. The first-order valence-corrected chi connectivity index (χ1v) is 5.35. The minimum Gasteiger partial charge on any atom is -0.475 e. The van der Waals surface area contributed by atoms with Crippen LogP contribution in [0.2, 0.25) is 0 Å². The van der Waals surface area contributed by atoms with Gasteiger partial charge in [-0.2, -0.15) is 11.8 Å². The molecular formula is C9H11FO3S. The van der Waals surface area contributed by atoms with Crippen LogP contribution in [0.1, 0.15) is 22.7 Å². The van der Waals surface area contributed by atoms with Gasteiger partial charge in [-0.15, -0.1) is 0 Å². The van der Waals surface area contributed by atoms with E-state index < -0.39 is 5.97 Å². The number of carboxylic acids is 1. The molecule has 0 amide bonds. The Morgan fingerprint density at radius 1 is 1.57 bits per heavy atom. The van der Waals surface area contributed by atoms with Crippen LogP contribution < -0.4 is 0 Å². The summed E-state index contributed by atoms with van der Waals surface area (Å²) in [6, 6.07) is 3.05. The van der Waals surface area contributed by atoms with Crippen molar-refractivity contribution in [1.29, 1.82) is 0 Å². The zero-order chi connectivity index (χ0) is 10.4. The molecule has 0 aliphatic heterocycles. The number of rotatable bonds is 6. The molecule has 0 spiro atoms. The molecule has 5 heteroatoms. The number of halogens is 1. The van der Waals surface area contributed by atoms with Gasteiger partial charge < -0.3 is 9.52 Å². The Bertz CT molecular complexity index is 298. The zero-order valence-electron chi connectivity index (χ0n) is 7.53. The maximum atomic E-state index is 11.7. The normalized spacial score (nSPS) is 10.4. The first-order valence-electron chi connectivity index (χ1n) is 4.19. The summed E-state index contributed by atoms with van der Waals surface area (Å²) in [5, 5.41) is 8.56. The van der Waals surface area contributed by atoms with Gasteiger partial charge in [0.25, 0.3) is 0 Å². The van der Waals surface area contributed by atoms with E-state index in [2.05, 4.69) is 0 Å². The quantitative estimate of drug-likeness (QED) is 0.745. The Balaban J connectivity index is 2.33. The van der Waals surface area contributed by atoms with Gasteiger partial charge in [0.1, 0.15) is 5.76 Å². The number of carbonyl (C=O) groups is 1. The number of hydrogen-bond acceptors (Lipinski definition) is 3. The summed E-state index contributed by atoms with van der Waals surface area (Å²) >= 11 is 1.53. The summed E-state index contributed by atoms with van der Waals surface area (Å²) in [7, 11) is 0. The molecule has 0 saturated carbocycles. The lowest BCUT2D eigenvalue weighted by Gasteiger charge is -1.95. The lowest BCUT2D eigenvalue weighted by atomic mass is 10.4. The molecule has 14 heavy (non-hydrogen) atoms. The van der Waals surface area contributed by atoms with Crippen molar-refractivity contribution in [3.8, 4) is 0 Å². The Morgan fingerprint density at radius 3 is 2.93 bits per heavy atom. The number of carboxylic acid groups (broad SMARTS) is 1. The summed E-state index contributed by atoms with van der Waals surface area (Å²) in [5.41, 5.74) is 0. The minimum atomic E-state index is -1.06. The number of thioether (sulfide) groups is 1. The molecule has 0 aromatic carbocycles. The van der Waals surface area contributed by atoms with Crippen LogP contribution in [0, 0.1) is 0 Å². The van der Waals surface area contributed by atoms with Gasteiger partial charge in [-0.25, -0.2) is 4.79 Å². The monoisotopic (exact) mass is 218 g/mol. The standard InChI is InChI=1S/C9H11FO3S/c10-4-1-5-14-6-7-2-3-8(13-7)9(11)12/h2-3H,1,4-6H2,(H,11,12). The molecule has 0 fully saturated rings. The third-order valence-electron chi connectivity index (χ3n) is 1.54. The second kappa shape index (κ2) is 5.70. The summed E-state index contributed by atoms with van der Waals surface area (Å²) in [4.78, 5) is 10.4. The van der Waals surface area contributed by atoms with Crippen LogP contribution in [0.25, 0.3) is 0 Å². The van der Waals surface area contributed by atoms with Crippen molar-refractivity contribution in [2.24, 2.45) is 0 Å². The molecule has 1 N–H and O–H groups in total. The molecule has 0 radical (unpaired) electrons. The van der Waals surface area contributed by atoms with Gasteiger partial charge >= 0.3 is 5.97 Å². The van der Waals surface area contributed by atoms with Gasteiger partial charge in [0.15, 0.2) is 0 Å². The maximum absolute atomic E-state index is 11.7. The van der Waals surface area contributed by atoms with E-state index >= 15 is 0 Å². The van der Waals surface area contributed by atoms with Crippen molar-refractivity contribution < 1.29 is 18.7 Å². The van der Waals surface area contributed by atoms with Gasteiger partial charge in [0.05, 0.1) is 12.4 Å². The van der Waals surface area contributed by atoms with Gasteiger partial charge in [-0.1, -0.05) is 0 Å². The third kappa shape index (κ3) is 3.41. The topological polar surface area (TPSA) is 50.4 Å². The van der Waals surface area contributed by atoms with Crippen LogP contribution in [0.5, 0.6) is 0 Å². The predicted octanol–water partition coefficient (Wildman–Crippen LogP) is 2.57. The number of hydrogen-bond donors (Lipinski definition) is 1. The van der Waals surface area contributed by atoms with Gasteiger partial charge in [0, 0.05) is 0 Å². The Morgan fingerprint density at radius 2 is 2.36 bits per heavy atom. The smallest absolute Gasteiger partial charge is 0.371 e. The number of aromatic carboxylic acids is 1. The fraction of sp³-hybridized carbons (Fsp3) is 0.444. The molecule has 1 aromatic rings. The molecule has 0 saturated heterocycles. The molecular weight excluding hydrogens is 207 g/mol. The Hall–Kier alpha value is -0.970. The third-order valence-corrected chi connectivity index (χ3v) is 2.61. The molecule has 0 aliphatic rings. The second-order valence-corrected chi connectivity index (χ2v) is 3.77.